The Kier molecular flexibility index (Phi) is 5.28. The lowest BCUT2D eigenvalue weighted by molar-refractivity contribution is 0.0982. The van der Waals surface area contributed by atoms with Crippen LogP contribution in [0.5, 0.6) is 5.75 Å². The van der Waals surface area contributed by atoms with Crippen LogP contribution < -0.4 is 10.1 Å². The molecule has 2 N–H and O–H groups in total. The first-order valence-corrected chi connectivity index (χ1v) is 8.00. The molecule has 1 aromatic rings. The molecule has 0 aliphatic heterocycles. The molecule has 0 radical (unpaired) electrons. The number of hydrogen-bond donors (Lipinski definition) is 2. The molecule has 118 valence electrons. The van der Waals surface area contributed by atoms with Gasteiger partial charge in [-0.1, -0.05) is 38.0 Å². The third kappa shape index (κ3) is 4.45. The number of aryl methyl sites for hydroxylation is 2. The van der Waals surface area contributed by atoms with E-state index in [1.807, 2.05) is 19.1 Å². The minimum atomic E-state index is -0.470. The summed E-state index contributed by atoms with van der Waals surface area (Å²) < 4.78 is 5.73. The highest BCUT2D eigenvalue weighted by Crippen LogP contribution is 2.37. The Hall–Kier alpha value is -1.06. The predicted molar refractivity (Wildman–Crippen MR) is 86.8 cm³/mol. The summed E-state index contributed by atoms with van der Waals surface area (Å²) in [5.74, 6) is 0.862. The molecule has 1 aromatic carbocycles. The van der Waals surface area contributed by atoms with Crippen LogP contribution in [0, 0.1) is 19.3 Å². The Balaban J connectivity index is 1.76. The smallest absolute Gasteiger partial charge is 0.122 e. The summed E-state index contributed by atoms with van der Waals surface area (Å²) in [7, 11) is 0. The van der Waals surface area contributed by atoms with E-state index in [1.165, 1.54) is 24.8 Å². The highest BCUT2D eigenvalue weighted by atomic mass is 16.5. The molecule has 0 amide bonds. The normalized spacial score (nSPS) is 22.2. The maximum absolute atomic E-state index is 10.1. The zero-order valence-corrected chi connectivity index (χ0v) is 13.8. The van der Waals surface area contributed by atoms with Gasteiger partial charge in [0.25, 0.3) is 0 Å². The third-order valence-electron chi connectivity index (χ3n) is 4.62. The van der Waals surface area contributed by atoms with Gasteiger partial charge in [-0.15, -0.1) is 0 Å². The van der Waals surface area contributed by atoms with Crippen LogP contribution in [-0.4, -0.2) is 30.4 Å². The lowest BCUT2D eigenvalue weighted by Gasteiger charge is -2.29. The van der Waals surface area contributed by atoms with E-state index in [4.69, 9.17) is 4.74 Å². The van der Waals surface area contributed by atoms with Crippen LogP contribution in [0.15, 0.2) is 18.2 Å². The number of aliphatic hydroxyl groups is 1. The van der Waals surface area contributed by atoms with Crippen molar-refractivity contribution < 1.29 is 9.84 Å². The standard InChI is InChI=1S/C18H29NO2/c1-13-7-8-16(14(2)10-13)21-12-15(20)11-19-17-6-5-9-18(17,3)4/h7-8,10,15,17,19-20H,5-6,9,11-12H2,1-4H3. The van der Waals surface area contributed by atoms with Crippen molar-refractivity contribution in [2.45, 2.75) is 59.1 Å². The van der Waals surface area contributed by atoms with E-state index in [2.05, 4.69) is 32.2 Å². The lowest BCUT2D eigenvalue weighted by Crippen LogP contribution is -2.43. The monoisotopic (exact) mass is 291 g/mol. The molecule has 1 aliphatic rings. The van der Waals surface area contributed by atoms with Crippen LogP contribution in [0.1, 0.15) is 44.2 Å². The molecule has 3 nitrogen and oxygen atoms in total. The molecule has 0 bridgehead atoms. The van der Waals surface area contributed by atoms with Crippen LogP contribution >= 0.6 is 0 Å². The fraction of sp³-hybridized carbons (Fsp3) is 0.667. The van der Waals surface area contributed by atoms with Crippen LogP contribution in [0.4, 0.5) is 0 Å². The van der Waals surface area contributed by atoms with E-state index >= 15 is 0 Å². The van der Waals surface area contributed by atoms with Crippen molar-refractivity contribution in [3.8, 4) is 5.75 Å². The summed E-state index contributed by atoms with van der Waals surface area (Å²) in [6, 6.07) is 6.62. The number of nitrogens with one attached hydrogen (secondary N) is 1. The molecule has 1 saturated carbocycles. The highest BCUT2D eigenvalue weighted by molar-refractivity contribution is 5.35. The summed E-state index contributed by atoms with van der Waals surface area (Å²) in [6.07, 6.45) is 3.28. The van der Waals surface area contributed by atoms with Gasteiger partial charge in [-0.05, 0) is 43.7 Å². The van der Waals surface area contributed by atoms with Crippen molar-refractivity contribution >= 4 is 0 Å². The van der Waals surface area contributed by atoms with E-state index in [0.29, 0.717) is 24.6 Å². The Morgan fingerprint density at radius 3 is 2.76 bits per heavy atom. The number of rotatable bonds is 6. The Bertz CT molecular complexity index is 470. The number of hydrogen-bond acceptors (Lipinski definition) is 3. The van der Waals surface area contributed by atoms with E-state index in [0.717, 1.165) is 11.3 Å². The lowest BCUT2D eigenvalue weighted by atomic mass is 9.87. The highest BCUT2D eigenvalue weighted by Gasteiger charge is 2.34. The van der Waals surface area contributed by atoms with Gasteiger partial charge in [-0.2, -0.15) is 0 Å². The first-order chi connectivity index (χ1) is 9.88. The summed E-state index contributed by atoms with van der Waals surface area (Å²) in [5.41, 5.74) is 2.69. The molecule has 0 aromatic heterocycles. The molecule has 0 saturated heterocycles. The topological polar surface area (TPSA) is 41.5 Å². The third-order valence-corrected chi connectivity index (χ3v) is 4.62. The number of ether oxygens (including phenoxy) is 1. The van der Waals surface area contributed by atoms with Gasteiger partial charge >= 0.3 is 0 Å². The van der Waals surface area contributed by atoms with Crippen molar-refractivity contribution in [1.29, 1.82) is 0 Å². The van der Waals surface area contributed by atoms with Gasteiger partial charge in [-0.3, -0.25) is 0 Å². The maximum atomic E-state index is 10.1. The largest absolute Gasteiger partial charge is 0.491 e. The molecule has 21 heavy (non-hydrogen) atoms. The summed E-state index contributed by atoms with van der Waals surface area (Å²) in [4.78, 5) is 0. The van der Waals surface area contributed by atoms with Gasteiger partial charge in [0.05, 0.1) is 0 Å². The predicted octanol–water partition coefficient (Wildman–Crippen LogP) is 3.21. The Morgan fingerprint density at radius 2 is 2.14 bits per heavy atom. The van der Waals surface area contributed by atoms with Crippen LogP contribution in [0.25, 0.3) is 0 Å². The fourth-order valence-electron chi connectivity index (χ4n) is 3.19. The second-order valence-corrected chi connectivity index (χ2v) is 7.08. The van der Waals surface area contributed by atoms with Crippen LogP contribution in [-0.2, 0) is 0 Å². The molecule has 1 fully saturated rings. The molecular weight excluding hydrogens is 262 g/mol. The first-order valence-electron chi connectivity index (χ1n) is 8.00. The van der Waals surface area contributed by atoms with Gasteiger partial charge in [0, 0.05) is 12.6 Å². The maximum Gasteiger partial charge on any atom is 0.122 e. The first kappa shape index (κ1) is 16.3. The molecule has 1 aliphatic carbocycles. The van der Waals surface area contributed by atoms with Crippen molar-refractivity contribution in [2.75, 3.05) is 13.2 Å². The van der Waals surface area contributed by atoms with Crippen LogP contribution in [0.3, 0.4) is 0 Å². The van der Waals surface area contributed by atoms with Crippen molar-refractivity contribution in [3.63, 3.8) is 0 Å². The zero-order chi connectivity index (χ0) is 15.5. The molecular formula is C18H29NO2. The van der Waals surface area contributed by atoms with Crippen molar-refractivity contribution in [1.82, 2.24) is 5.32 Å². The Labute approximate surface area is 128 Å². The number of benzene rings is 1. The van der Waals surface area contributed by atoms with E-state index in [9.17, 15) is 5.11 Å². The second-order valence-electron chi connectivity index (χ2n) is 7.08. The van der Waals surface area contributed by atoms with Crippen molar-refractivity contribution in [3.05, 3.63) is 29.3 Å². The molecule has 2 rings (SSSR count). The second kappa shape index (κ2) is 6.80. The van der Waals surface area contributed by atoms with Gasteiger partial charge < -0.3 is 15.2 Å². The Morgan fingerprint density at radius 1 is 1.38 bits per heavy atom. The average molecular weight is 291 g/mol. The summed E-state index contributed by atoms with van der Waals surface area (Å²) in [5, 5.41) is 13.6. The quantitative estimate of drug-likeness (QED) is 0.845. The molecule has 0 heterocycles. The van der Waals surface area contributed by atoms with Crippen molar-refractivity contribution in [2.24, 2.45) is 5.41 Å². The minimum Gasteiger partial charge on any atom is -0.491 e. The number of aliphatic hydroxyl groups excluding tert-OH is 1. The molecule has 3 heteroatoms. The van der Waals surface area contributed by atoms with Gasteiger partial charge in [-0.25, -0.2) is 0 Å². The average Bonchev–Trinajstić information content (AvgIpc) is 2.74. The fourth-order valence-corrected chi connectivity index (χ4v) is 3.19. The van der Waals surface area contributed by atoms with Gasteiger partial charge in [0.15, 0.2) is 0 Å². The minimum absolute atomic E-state index is 0.337. The summed E-state index contributed by atoms with van der Waals surface area (Å²) in [6.45, 7) is 9.64. The zero-order valence-electron chi connectivity index (χ0n) is 13.8. The SMILES string of the molecule is Cc1ccc(OCC(O)CNC2CCCC2(C)C)c(C)c1. The van der Waals surface area contributed by atoms with E-state index < -0.39 is 6.10 Å². The molecule has 2 atom stereocenters. The van der Waals surface area contributed by atoms with Gasteiger partial charge in [0.1, 0.15) is 18.5 Å². The van der Waals surface area contributed by atoms with E-state index in [-0.39, 0.29) is 0 Å². The summed E-state index contributed by atoms with van der Waals surface area (Å²) >= 11 is 0. The molecule has 2 unspecified atom stereocenters. The molecule has 0 spiro atoms. The van der Waals surface area contributed by atoms with Crippen LogP contribution in [0.2, 0.25) is 0 Å². The van der Waals surface area contributed by atoms with Gasteiger partial charge in [0.2, 0.25) is 0 Å². The van der Waals surface area contributed by atoms with E-state index in [1.54, 1.807) is 0 Å².